The van der Waals surface area contributed by atoms with Crippen molar-refractivity contribution in [3.05, 3.63) is 77.9 Å². The number of aliphatic hydroxyl groups excluding tert-OH is 1. The Kier molecular flexibility index (Phi) is 2.90. The summed E-state index contributed by atoms with van der Waals surface area (Å²) in [6, 6.07) is 22.4. The van der Waals surface area contributed by atoms with Crippen molar-refractivity contribution < 1.29 is 9.84 Å². The van der Waals surface area contributed by atoms with E-state index in [9.17, 15) is 5.11 Å². The second-order valence-corrected chi connectivity index (χ2v) is 5.50. The Morgan fingerprint density at radius 1 is 0.857 bits per heavy atom. The van der Waals surface area contributed by atoms with Gasteiger partial charge in [0.25, 0.3) is 0 Å². The molecule has 1 heterocycles. The Balaban J connectivity index is 1.73. The molecule has 3 aromatic carbocycles. The summed E-state index contributed by atoms with van der Waals surface area (Å²) in [5.74, 6) is 0.786. The first kappa shape index (κ1) is 12.4. The van der Waals surface area contributed by atoms with E-state index in [1.54, 1.807) is 0 Å². The molecule has 1 aliphatic rings. The molecule has 2 heteroatoms. The topological polar surface area (TPSA) is 29.5 Å². The van der Waals surface area contributed by atoms with Crippen LogP contribution in [0.3, 0.4) is 0 Å². The van der Waals surface area contributed by atoms with Crippen LogP contribution in [-0.4, -0.2) is 5.11 Å². The predicted octanol–water partition coefficient (Wildman–Crippen LogP) is 4.40. The van der Waals surface area contributed by atoms with Gasteiger partial charge in [0.2, 0.25) is 0 Å². The normalized spacial score (nSPS) is 20.8. The van der Waals surface area contributed by atoms with Crippen molar-refractivity contribution in [2.45, 2.75) is 18.6 Å². The van der Waals surface area contributed by atoms with Gasteiger partial charge in [-0.05, 0) is 28.5 Å². The highest BCUT2D eigenvalue weighted by Gasteiger charge is 2.27. The van der Waals surface area contributed by atoms with E-state index in [1.807, 2.05) is 36.4 Å². The van der Waals surface area contributed by atoms with Gasteiger partial charge in [-0.3, -0.25) is 0 Å². The Morgan fingerprint density at radius 3 is 2.52 bits per heavy atom. The van der Waals surface area contributed by atoms with Crippen LogP contribution in [0.5, 0.6) is 5.75 Å². The summed E-state index contributed by atoms with van der Waals surface area (Å²) in [5.41, 5.74) is 2.00. The molecule has 4 rings (SSSR count). The van der Waals surface area contributed by atoms with Gasteiger partial charge in [0.05, 0.1) is 6.10 Å². The summed E-state index contributed by atoms with van der Waals surface area (Å²) in [6.07, 6.45) is 0.0287. The van der Waals surface area contributed by atoms with Crippen molar-refractivity contribution in [1.29, 1.82) is 0 Å². The number of benzene rings is 3. The van der Waals surface area contributed by atoms with E-state index in [-0.39, 0.29) is 6.10 Å². The van der Waals surface area contributed by atoms with Gasteiger partial charge >= 0.3 is 0 Å². The van der Waals surface area contributed by atoms with Crippen LogP contribution in [0, 0.1) is 0 Å². The molecule has 0 spiro atoms. The van der Waals surface area contributed by atoms with Crippen molar-refractivity contribution in [3.8, 4) is 5.75 Å². The molecular weight excluding hydrogens is 260 g/mol. The van der Waals surface area contributed by atoms with Gasteiger partial charge in [-0.25, -0.2) is 0 Å². The molecule has 0 fully saturated rings. The van der Waals surface area contributed by atoms with Crippen LogP contribution in [0.1, 0.15) is 29.8 Å². The molecule has 0 saturated heterocycles. The van der Waals surface area contributed by atoms with E-state index < -0.39 is 6.10 Å². The Morgan fingerprint density at radius 2 is 1.62 bits per heavy atom. The summed E-state index contributed by atoms with van der Waals surface area (Å²) < 4.78 is 6.08. The number of para-hydroxylation sites is 1. The van der Waals surface area contributed by atoms with Crippen LogP contribution in [-0.2, 0) is 0 Å². The lowest BCUT2D eigenvalue weighted by Crippen LogP contribution is -2.18. The first-order chi connectivity index (χ1) is 10.3. The quantitative estimate of drug-likeness (QED) is 0.714. The van der Waals surface area contributed by atoms with Gasteiger partial charge in [-0.1, -0.05) is 54.6 Å². The summed E-state index contributed by atoms with van der Waals surface area (Å²) in [4.78, 5) is 0. The zero-order chi connectivity index (χ0) is 14.2. The molecule has 1 aliphatic heterocycles. The molecule has 1 N–H and O–H groups in total. The van der Waals surface area contributed by atoms with Gasteiger partial charge in [-0.15, -0.1) is 0 Å². The van der Waals surface area contributed by atoms with Crippen LogP contribution >= 0.6 is 0 Å². The first-order valence-corrected chi connectivity index (χ1v) is 7.23. The third-order valence-electron chi connectivity index (χ3n) is 4.13. The van der Waals surface area contributed by atoms with E-state index in [0.29, 0.717) is 6.42 Å². The largest absolute Gasteiger partial charge is 0.485 e. The lowest BCUT2D eigenvalue weighted by atomic mass is 9.94. The summed E-state index contributed by atoms with van der Waals surface area (Å²) in [7, 11) is 0. The lowest BCUT2D eigenvalue weighted by molar-refractivity contribution is 0.0658. The summed E-state index contributed by atoms with van der Waals surface area (Å²) >= 11 is 0. The zero-order valence-corrected chi connectivity index (χ0v) is 11.6. The molecule has 2 nitrogen and oxygen atoms in total. The lowest BCUT2D eigenvalue weighted by Gasteiger charge is -2.30. The number of rotatable bonds is 1. The van der Waals surface area contributed by atoms with Crippen LogP contribution in [0.25, 0.3) is 10.8 Å². The van der Waals surface area contributed by atoms with Gasteiger partial charge in [0.1, 0.15) is 11.9 Å². The first-order valence-electron chi connectivity index (χ1n) is 7.23. The number of fused-ring (bicyclic) bond motifs is 2. The predicted molar refractivity (Wildman–Crippen MR) is 83.3 cm³/mol. The molecule has 0 aliphatic carbocycles. The molecular formula is C19H16O2. The number of aliphatic hydroxyl groups is 1. The minimum absolute atomic E-state index is 0.0977. The Labute approximate surface area is 123 Å². The molecule has 0 amide bonds. The van der Waals surface area contributed by atoms with Crippen LogP contribution < -0.4 is 4.74 Å². The number of ether oxygens (including phenoxy) is 1. The van der Waals surface area contributed by atoms with E-state index in [2.05, 4.69) is 30.3 Å². The monoisotopic (exact) mass is 276 g/mol. The number of hydrogen-bond acceptors (Lipinski definition) is 2. The fraction of sp³-hybridized carbons (Fsp3) is 0.158. The average Bonchev–Trinajstić information content (AvgIpc) is 2.54. The SMILES string of the molecule is O[C@H]1CC(c2ccc3ccccc3c2)Oc2ccccc21. The van der Waals surface area contributed by atoms with Crippen molar-refractivity contribution in [2.24, 2.45) is 0 Å². The third kappa shape index (κ3) is 2.18. The minimum atomic E-state index is -0.466. The Bertz CT molecular complexity index is 794. The van der Waals surface area contributed by atoms with Gasteiger partial charge < -0.3 is 9.84 Å². The third-order valence-corrected chi connectivity index (χ3v) is 4.13. The molecule has 104 valence electrons. The standard InChI is InChI=1S/C19H16O2/c20-17-12-19(21-18-8-4-3-7-16(17)18)15-10-9-13-5-1-2-6-14(13)11-15/h1-11,17,19-20H,12H2/t17-,19?/m0/s1. The number of hydrogen-bond donors (Lipinski definition) is 1. The van der Waals surface area contributed by atoms with Crippen molar-refractivity contribution >= 4 is 10.8 Å². The van der Waals surface area contributed by atoms with E-state index in [1.165, 1.54) is 10.8 Å². The zero-order valence-electron chi connectivity index (χ0n) is 11.6. The molecule has 3 aromatic rings. The molecule has 21 heavy (non-hydrogen) atoms. The smallest absolute Gasteiger partial charge is 0.127 e. The molecule has 0 bridgehead atoms. The fourth-order valence-corrected chi connectivity index (χ4v) is 3.01. The van der Waals surface area contributed by atoms with E-state index in [0.717, 1.165) is 16.9 Å². The highest BCUT2D eigenvalue weighted by atomic mass is 16.5. The highest BCUT2D eigenvalue weighted by molar-refractivity contribution is 5.83. The van der Waals surface area contributed by atoms with Crippen molar-refractivity contribution in [2.75, 3.05) is 0 Å². The molecule has 0 saturated carbocycles. The van der Waals surface area contributed by atoms with Crippen LogP contribution in [0.15, 0.2) is 66.7 Å². The average molecular weight is 276 g/mol. The van der Waals surface area contributed by atoms with E-state index in [4.69, 9.17) is 4.74 Å². The van der Waals surface area contributed by atoms with Gasteiger partial charge in [0.15, 0.2) is 0 Å². The highest BCUT2D eigenvalue weighted by Crippen LogP contribution is 2.40. The molecule has 2 atom stereocenters. The fourth-order valence-electron chi connectivity index (χ4n) is 3.01. The van der Waals surface area contributed by atoms with Crippen LogP contribution in [0.4, 0.5) is 0 Å². The second-order valence-electron chi connectivity index (χ2n) is 5.50. The molecule has 0 radical (unpaired) electrons. The van der Waals surface area contributed by atoms with Crippen molar-refractivity contribution in [3.63, 3.8) is 0 Å². The van der Waals surface area contributed by atoms with Gasteiger partial charge in [0, 0.05) is 12.0 Å². The Hall–Kier alpha value is -2.32. The summed E-state index contributed by atoms with van der Waals surface area (Å²) in [5, 5.41) is 12.7. The van der Waals surface area contributed by atoms with E-state index >= 15 is 0 Å². The maximum Gasteiger partial charge on any atom is 0.127 e. The molecule has 1 unspecified atom stereocenters. The summed E-state index contributed by atoms with van der Waals surface area (Å²) in [6.45, 7) is 0. The molecule has 0 aromatic heterocycles. The maximum absolute atomic E-state index is 10.3. The second kappa shape index (κ2) is 4.90. The van der Waals surface area contributed by atoms with Crippen molar-refractivity contribution in [1.82, 2.24) is 0 Å². The minimum Gasteiger partial charge on any atom is -0.485 e. The van der Waals surface area contributed by atoms with Gasteiger partial charge in [-0.2, -0.15) is 0 Å². The van der Waals surface area contributed by atoms with Crippen LogP contribution in [0.2, 0.25) is 0 Å². The maximum atomic E-state index is 10.3.